The fraction of sp³-hybridized carbons (Fsp3) is 0.800. The Morgan fingerprint density at radius 1 is 0.727 bits per heavy atom. The Morgan fingerprint density at radius 3 is 1.80 bits per heavy atom. The van der Waals surface area contributed by atoms with E-state index in [-0.39, 0.29) is 25.7 Å². The van der Waals surface area contributed by atoms with E-state index >= 15 is 0 Å². The van der Waals surface area contributed by atoms with Crippen molar-refractivity contribution in [1.82, 2.24) is 5.32 Å². The molecular formula is C35H67N2O6P. The van der Waals surface area contributed by atoms with Crippen molar-refractivity contribution in [3.05, 3.63) is 36.5 Å². The highest BCUT2D eigenvalue weighted by molar-refractivity contribution is 7.47. The highest BCUT2D eigenvalue weighted by atomic mass is 31.2. The van der Waals surface area contributed by atoms with E-state index in [0.29, 0.717) is 6.42 Å². The minimum absolute atomic E-state index is 0.0721. The maximum absolute atomic E-state index is 12.6. The van der Waals surface area contributed by atoms with E-state index in [2.05, 4.69) is 43.5 Å². The first-order valence-corrected chi connectivity index (χ1v) is 19.1. The fourth-order valence-corrected chi connectivity index (χ4v) is 5.49. The molecular weight excluding hydrogens is 575 g/mol. The van der Waals surface area contributed by atoms with Crippen molar-refractivity contribution < 1.29 is 28.4 Å². The Bertz CT molecular complexity index is 789. The molecule has 3 unspecified atom stereocenters. The third kappa shape index (κ3) is 29.4. The van der Waals surface area contributed by atoms with E-state index in [0.717, 1.165) is 57.8 Å². The summed E-state index contributed by atoms with van der Waals surface area (Å²) in [4.78, 5) is 22.5. The monoisotopic (exact) mass is 642 g/mol. The van der Waals surface area contributed by atoms with Gasteiger partial charge in [0.2, 0.25) is 5.91 Å². The van der Waals surface area contributed by atoms with Gasteiger partial charge in [0.1, 0.15) is 0 Å². The van der Waals surface area contributed by atoms with E-state index < -0.39 is 20.0 Å². The number of carbonyl (C=O) groups is 1. The summed E-state index contributed by atoms with van der Waals surface area (Å²) in [6, 6.07) is -0.877. The summed E-state index contributed by atoms with van der Waals surface area (Å²) in [5, 5.41) is 13.5. The third-order valence-corrected chi connectivity index (χ3v) is 8.42. The van der Waals surface area contributed by atoms with Crippen LogP contribution in [-0.4, -0.2) is 47.8 Å². The number of phosphoric acid groups is 1. The molecule has 258 valence electrons. The van der Waals surface area contributed by atoms with Crippen LogP contribution in [0.15, 0.2) is 36.5 Å². The number of hydrogen-bond donors (Lipinski definition) is 4. The molecule has 1 amide bonds. The Labute approximate surface area is 269 Å². The predicted molar refractivity (Wildman–Crippen MR) is 184 cm³/mol. The molecule has 0 aliphatic carbocycles. The van der Waals surface area contributed by atoms with Gasteiger partial charge >= 0.3 is 7.82 Å². The van der Waals surface area contributed by atoms with Crippen LogP contribution in [0.2, 0.25) is 0 Å². The number of amides is 1. The number of phosphoric ester groups is 1. The van der Waals surface area contributed by atoms with Crippen molar-refractivity contribution >= 4 is 13.7 Å². The van der Waals surface area contributed by atoms with Crippen LogP contribution in [0.4, 0.5) is 0 Å². The minimum Gasteiger partial charge on any atom is -0.387 e. The Balaban J connectivity index is 4.45. The van der Waals surface area contributed by atoms with E-state index in [1.165, 1.54) is 70.6 Å². The molecule has 0 saturated heterocycles. The van der Waals surface area contributed by atoms with Crippen LogP contribution in [0.5, 0.6) is 0 Å². The first-order chi connectivity index (χ1) is 21.4. The summed E-state index contributed by atoms with van der Waals surface area (Å²) < 4.78 is 21.9. The number of aliphatic hydroxyl groups excluding tert-OH is 1. The SMILES string of the molecule is CCCCC/C=C\CCCCCCCC(=O)NC(COP(=O)(O)OCCN)C(O)/C=C/CC/C=C/CCCCCCCCC. The molecule has 44 heavy (non-hydrogen) atoms. The summed E-state index contributed by atoms with van der Waals surface area (Å²) >= 11 is 0. The summed E-state index contributed by atoms with van der Waals surface area (Å²) in [5.74, 6) is -0.218. The number of unbranched alkanes of at least 4 members (excludes halogenated alkanes) is 16. The van der Waals surface area contributed by atoms with Gasteiger partial charge in [0, 0.05) is 13.0 Å². The summed E-state index contributed by atoms with van der Waals surface area (Å²) in [5.41, 5.74) is 5.34. The largest absolute Gasteiger partial charge is 0.472 e. The summed E-state index contributed by atoms with van der Waals surface area (Å²) in [7, 11) is -4.34. The van der Waals surface area contributed by atoms with Gasteiger partial charge in [-0.1, -0.05) is 121 Å². The van der Waals surface area contributed by atoms with Crippen molar-refractivity contribution in [3.8, 4) is 0 Å². The molecule has 8 nitrogen and oxygen atoms in total. The second-order valence-electron chi connectivity index (χ2n) is 11.7. The molecule has 0 saturated carbocycles. The maximum Gasteiger partial charge on any atom is 0.472 e. The molecule has 5 N–H and O–H groups in total. The van der Waals surface area contributed by atoms with E-state index in [4.69, 9.17) is 14.8 Å². The quantitative estimate of drug-likeness (QED) is 0.0328. The molecule has 0 aliphatic heterocycles. The number of hydrogen-bond acceptors (Lipinski definition) is 6. The van der Waals surface area contributed by atoms with Crippen LogP contribution in [0.3, 0.4) is 0 Å². The van der Waals surface area contributed by atoms with Crippen molar-refractivity contribution in [2.24, 2.45) is 5.73 Å². The number of aliphatic hydroxyl groups is 1. The molecule has 0 aromatic rings. The Hall–Kier alpha value is -1.28. The maximum atomic E-state index is 12.6. The molecule has 0 rings (SSSR count). The molecule has 0 bridgehead atoms. The number of rotatable bonds is 32. The second-order valence-corrected chi connectivity index (χ2v) is 13.2. The van der Waals surface area contributed by atoms with Crippen molar-refractivity contribution in [3.63, 3.8) is 0 Å². The molecule has 9 heteroatoms. The molecule has 0 fully saturated rings. The molecule has 0 aliphatic rings. The van der Waals surface area contributed by atoms with Crippen LogP contribution in [0.1, 0.15) is 149 Å². The van der Waals surface area contributed by atoms with Gasteiger partial charge in [0.05, 0.1) is 25.4 Å². The average Bonchev–Trinajstić information content (AvgIpc) is 3.01. The zero-order valence-corrected chi connectivity index (χ0v) is 29.0. The molecule has 3 atom stereocenters. The smallest absolute Gasteiger partial charge is 0.387 e. The highest BCUT2D eigenvalue weighted by Crippen LogP contribution is 2.43. The van der Waals surface area contributed by atoms with Crippen molar-refractivity contribution in [2.45, 2.75) is 161 Å². The predicted octanol–water partition coefficient (Wildman–Crippen LogP) is 8.82. The Kier molecular flexibility index (Phi) is 30.8. The van der Waals surface area contributed by atoms with Gasteiger partial charge in [0.25, 0.3) is 0 Å². The lowest BCUT2D eigenvalue weighted by Gasteiger charge is -2.23. The zero-order valence-electron chi connectivity index (χ0n) is 28.1. The molecule has 0 aromatic heterocycles. The van der Waals surface area contributed by atoms with Crippen LogP contribution in [-0.2, 0) is 18.4 Å². The van der Waals surface area contributed by atoms with Gasteiger partial charge < -0.3 is 21.1 Å². The van der Waals surface area contributed by atoms with Gasteiger partial charge in [-0.2, -0.15) is 0 Å². The van der Waals surface area contributed by atoms with E-state index in [9.17, 15) is 19.4 Å². The lowest BCUT2D eigenvalue weighted by Crippen LogP contribution is -2.45. The fourth-order valence-electron chi connectivity index (χ4n) is 4.73. The summed E-state index contributed by atoms with van der Waals surface area (Å²) in [6.45, 7) is 4.04. The van der Waals surface area contributed by atoms with Crippen LogP contribution >= 0.6 is 7.82 Å². The number of carbonyl (C=O) groups excluding carboxylic acids is 1. The van der Waals surface area contributed by atoms with Gasteiger partial charge in [-0.3, -0.25) is 13.8 Å². The molecule has 0 heterocycles. The van der Waals surface area contributed by atoms with Gasteiger partial charge in [-0.25, -0.2) is 4.57 Å². The number of nitrogens with two attached hydrogens (primary N) is 1. The number of allylic oxidation sites excluding steroid dienone is 5. The average molecular weight is 643 g/mol. The minimum atomic E-state index is -4.34. The van der Waals surface area contributed by atoms with Gasteiger partial charge in [-0.15, -0.1) is 0 Å². The zero-order chi connectivity index (χ0) is 32.6. The van der Waals surface area contributed by atoms with Gasteiger partial charge in [0.15, 0.2) is 0 Å². The van der Waals surface area contributed by atoms with Crippen LogP contribution in [0, 0.1) is 0 Å². The first kappa shape index (κ1) is 42.7. The normalized spacial score (nSPS) is 14.9. The molecule has 0 aromatic carbocycles. The molecule has 0 spiro atoms. The van der Waals surface area contributed by atoms with Crippen molar-refractivity contribution in [1.29, 1.82) is 0 Å². The Morgan fingerprint density at radius 2 is 1.20 bits per heavy atom. The lowest BCUT2D eigenvalue weighted by atomic mass is 10.1. The lowest BCUT2D eigenvalue weighted by molar-refractivity contribution is -0.123. The van der Waals surface area contributed by atoms with Crippen LogP contribution < -0.4 is 11.1 Å². The number of nitrogens with one attached hydrogen (secondary N) is 1. The van der Waals surface area contributed by atoms with E-state index in [1.54, 1.807) is 6.08 Å². The van der Waals surface area contributed by atoms with E-state index in [1.807, 2.05) is 6.08 Å². The molecule has 0 radical (unpaired) electrons. The summed E-state index contributed by atoms with van der Waals surface area (Å²) in [6.07, 6.45) is 34.7. The van der Waals surface area contributed by atoms with Gasteiger partial charge in [-0.05, 0) is 57.8 Å². The standard InChI is InChI=1S/C35H67N2O6P/c1-3-5-7-9-11-13-15-17-18-20-22-24-26-28-34(38)33(32-43-44(40,41)42-31-30-36)37-35(39)29-27-25-23-21-19-16-14-12-10-8-6-4-2/h12,14,18,20,26,28,33-34,38H,3-11,13,15-17,19,21-25,27,29-32,36H2,1-2H3,(H,37,39)(H,40,41)/b14-12-,20-18+,28-26+. The van der Waals surface area contributed by atoms with Crippen molar-refractivity contribution in [2.75, 3.05) is 19.8 Å². The third-order valence-electron chi connectivity index (χ3n) is 7.44. The highest BCUT2D eigenvalue weighted by Gasteiger charge is 2.26. The second kappa shape index (κ2) is 31.7. The van der Waals surface area contributed by atoms with Crippen LogP contribution in [0.25, 0.3) is 0 Å². The first-order valence-electron chi connectivity index (χ1n) is 17.6. The topological polar surface area (TPSA) is 131 Å².